The summed E-state index contributed by atoms with van der Waals surface area (Å²) in [4.78, 5) is 21.0. The standard InChI is InChI=1S/C18H18ClN3O2/c1-18(11-24-10-17(20)22-18)13-4-2-3-12(7-13)8-16(23)15-6-5-14(19)9-21-15/h2-7,9H,8,10-11H2,1H3,(H2,20,22). The highest BCUT2D eigenvalue weighted by atomic mass is 35.5. The molecule has 1 aromatic carbocycles. The van der Waals surface area contributed by atoms with E-state index < -0.39 is 5.54 Å². The Kier molecular flexibility index (Phi) is 4.64. The number of rotatable bonds is 4. The Hall–Kier alpha value is -2.24. The molecule has 2 aromatic rings. The predicted molar refractivity (Wildman–Crippen MR) is 93.5 cm³/mol. The molecule has 0 radical (unpaired) electrons. The minimum absolute atomic E-state index is 0.0584. The molecule has 124 valence electrons. The Labute approximate surface area is 145 Å². The average molecular weight is 344 g/mol. The van der Waals surface area contributed by atoms with Crippen LogP contribution in [0.3, 0.4) is 0 Å². The van der Waals surface area contributed by atoms with Crippen molar-refractivity contribution in [2.24, 2.45) is 10.7 Å². The van der Waals surface area contributed by atoms with Crippen LogP contribution in [0.4, 0.5) is 0 Å². The van der Waals surface area contributed by atoms with E-state index in [1.165, 1.54) is 6.20 Å². The summed E-state index contributed by atoms with van der Waals surface area (Å²) in [5, 5.41) is 0.509. The fourth-order valence-electron chi connectivity index (χ4n) is 2.72. The van der Waals surface area contributed by atoms with Crippen LogP contribution in [0.5, 0.6) is 0 Å². The van der Waals surface area contributed by atoms with Crippen LogP contribution >= 0.6 is 11.6 Å². The van der Waals surface area contributed by atoms with Crippen molar-refractivity contribution in [3.8, 4) is 0 Å². The number of carbonyl (C=O) groups is 1. The molecule has 0 amide bonds. The van der Waals surface area contributed by atoms with Gasteiger partial charge in [-0.15, -0.1) is 0 Å². The molecule has 24 heavy (non-hydrogen) atoms. The molecule has 3 rings (SSSR count). The lowest BCUT2D eigenvalue weighted by Crippen LogP contribution is -2.37. The number of benzene rings is 1. The van der Waals surface area contributed by atoms with E-state index in [-0.39, 0.29) is 12.2 Å². The van der Waals surface area contributed by atoms with Gasteiger partial charge in [0.1, 0.15) is 23.7 Å². The van der Waals surface area contributed by atoms with Gasteiger partial charge in [-0.3, -0.25) is 14.8 Å². The quantitative estimate of drug-likeness (QED) is 0.866. The molecule has 6 heteroatoms. The topological polar surface area (TPSA) is 77.6 Å². The largest absolute Gasteiger partial charge is 0.386 e. The fraction of sp³-hybridized carbons (Fsp3) is 0.278. The van der Waals surface area contributed by atoms with Crippen molar-refractivity contribution >= 4 is 23.2 Å². The van der Waals surface area contributed by atoms with Gasteiger partial charge >= 0.3 is 0 Å². The van der Waals surface area contributed by atoms with Gasteiger partial charge in [-0.2, -0.15) is 0 Å². The lowest BCUT2D eigenvalue weighted by molar-refractivity contribution is 0.0987. The number of nitrogens with zero attached hydrogens (tertiary/aromatic N) is 2. The fourth-order valence-corrected chi connectivity index (χ4v) is 2.83. The monoisotopic (exact) mass is 343 g/mol. The maximum Gasteiger partial charge on any atom is 0.185 e. The lowest BCUT2D eigenvalue weighted by atomic mass is 9.90. The molecule has 1 aromatic heterocycles. The number of aromatic nitrogens is 1. The van der Waals surface area contributed by atoms with E-state index in [2.05, 4.69) is 9.98 Å². The minimum atomic E-state index is -0.528. The maximum atomic E-state index is 12.4. The summed E-state index contributed by atoms with van der Waals surface area (Å²) < 4.78 is 5.51. The average Bonchev–Trinajstić information content (AvgIpc) is 2.55. The third-order valence-electron chi connectivity index (χ3n) is 3.95. The van der Waals surface area contributed by atoms with Crippen LogP contribution in [0.15, 0.2) is 47.6 Å². The van der Waals surface area contributed by atoms with Crippen molar-refractivity contribution in [1.82, 2.24) is 4.98 Å². The van der Waals surface area contributed by atoms with Crippen molar-refractivity contribution in [1.29, 1.82) is 0 Å². The van der Waals surface area contributed by atoms with Crippen molar-refractivity contribution < 1.29 is 9.53 Å². The zero-order chi connectivity index (χ0) is 17.2. The van der Waals surface area contributed by atoms with Crippen LogP contribution in [0, 0.1) is 0 Å². The molecule has 1 unspecified atom stereocenters. The highest BCUT2D eigenvalue weighted by Crippen LogP contribution is 2.29. The maximum absolute atomic E-state index is 12.4. The summed E-state index contributed by atoms with van der Waals surface area (Å²) in [5.41, 5.74) is 7.55. The molecule has 2 N–H and O–H groups in total. The van der Waals surface area contributed by atoms with E-state index in [1.54, 1.807) is 12.1 Å². The number of pyridine rings is 1. The predicted octanol–water partition coefficient (Wildman–Crippen LogP) is 2.76. The van der Waals surface area contributed by atoms with Crippen LogP contribution in [0.2, 0.25) is 5.02 Å². The van der Waals surface area contributed by atoms with E-state index in [0.717, 1.165) is 11.1 Å². The molecule has 0 saturated heterocycles. The van der Waals surface area contributed by atoms with E-state index in [4.69, 9.17) is 22.1 Å². The van der Waals surface area contributed by atoms with Crippen molar-refractivity contribution in [2.45, 2.75) is 18.9 Å². The number of halogens is 1. The third kappa shape index (κ3) is 3.63. The summed E-state index contributed by atoms with van der Waals surface area (Å²) in [6.45, 7) is 2.79. The van der Waals surface area contributed by atoms with E-state index in [1.807, 2.05) is 31.2 Å². The van der Waals surface area contributed by atoms with Gasteiger partial charge in [0.25, 0.3) is 0 Å². The number of Topliss-reactive ketones (excluding diaryl/α,β-unsaturated/α-hetero) is 1. The molecule has 0 spiro atoms. The number of hydrogen-bond donors (Lipinski definition) is 1. The first-order valence-electron chi connectivity index (χ1n) is 7.62. The molecule has 0 aliphatic carbocycles. The zero-order valence-electron chi connectivity index (χ0n) is 13.3. The SMILES string of the molecule is CC1(c2cccc(CC(=O)c3ccc(Cl)cn3)c2)COCC(N)=N1. The molecule has 0 saturated carbocycles. The molecule has 2 heterocycles. The normalized spacial score (nSPS) is 20.5. The molecule has 0 fully saturated rings. The number of carbonyl (C=O) groups excluding carboxylic acids is 1. The van der Waals surface area contributed by atoms with E-state index in [9.17, 15) is 4.79 Å². The van der Waals surface area contributed by atoms with Crippen molar-refractivity contribution in [3.05, 3.63) is 64.4 Å². The van der Waals surface area contributed by atoms with Crippen LogP contribution in [0.25, 0.3) is 0 Å². The highest BCUT2D eigenvalue weighted by molar-refractivity contribution is 6.30. The number of nitrogens with two attached hydrogens (primary N) is 1. The van der Waals surface area contributed by atoms with E-state index >= 15 is 0 Å². The van der Waals surface area contributed by atoms with Gasteiger partial charge in [0.05, 0.1) is 11.6 Å². The Bertz CT molecular complexity index is 789. The molecule has 1 aliphatic rings. The van der Waals surface area contributed by atoms with Gasteiger partial charge in [0.2, 0.25) is 0 Å². The van der Waals surface area contributed by atoms with Gasteiger partial charge in [0, 0.05) is 12.6 Å². The summed E-state index contributed by atoms with van der Waals surface area (Å²) >= 11 is 5.80. The Morgan fingerprint density at radius 1 is 1.38 bits per heavy atom. The van der Waals surface area contributed by atoms with E-state index in [0.29, 0.717) is 29.8 Å². The van der Waals surface area contributed by atoms with Crippen molar-refractivity contribution in [2.75, 3.05) is 13.2 Å². The minimum Gasteiger partial charge on any atom is -0.386 e. The van der Waals surface area contributed by atoms with Gasteiger partial charge in [-0.1, -0.05) is 35.9 Å². The first kappa shape index (κ1) is 16.6. The second-order valence-electron chi connectivity index (χ2n) is 6.03. The molecule has 0 bridgehead atoms. The Balaban J connectivity index is 1.82. The molecule has 1 aliphatic heterocycles. The second-order valence-corrected chi connectivity index (χ2v) is 6.47. The summed E-state index contributed by atoms with van der Waals surface area (Å²) in [6, 6.07) is 11.1. The number of amidine groups is 1. The number of aliphatic imine (C=N–C) groups is 1. The summed E-state index contributed by atoms with van der Waals surface area (Å²) in [7, 11) is 0. The Morgan fingerprint density at radius 2 is 2.21 bits per heavy atom. The van der Waals surface area contributed by atoms with Gasteiger partial charge in [-0.25, -0.2) is 0 Å². The molecular weight excluding hydrogens is 326 g/mol. The second kappa shape index (κ2) is 6.71. The van der Waals surface area contributed by atoms with Crippen molar-refractivity contribution in [3.63, 3.8) is 0 Å². The van der Waals surface area contributed by atoms with Crippen LogP contribution < -0.4 is 5.73 Å². The van der Waals surface area contributed by atoms with Crippen LogP contribution in [-0.4, -0.2) is 29.8 Å². The summed E-state index contributed by atoms with van der Waals surface area (Å²) in [6.07, 6.45) is 1.74. The van der Waals surface area contributed by atoms with Crippen LogP contribution in [-0.2, 0) is 16.7 Å². The Morgan fingerprint density at radius 3 is 2.92 bits per heavy atom. The smallest absolute Gasteiger partial charge is 0.185 e. The molecular formula is C18H18ClN3O2. The zero-order valence-corrected chi connectivity index (χ0v) is 14.1. The lowest BCUT2D eigenvalue weighted by Gasteiger charge is -2.30. The highest BCUT2D eigenvalue weighted by Gasteiger charge is 2.30. The molecule has 1 atom stereocenters. The van der Waals surface area contributed by atoms with Gasteiger partial charge in [-0.05, 0) is 30.2 Å². The molecule has 5 nitrogen and oxygen atoms in total. The van der Waals surface area contributed by atoms with Gasteiger partial charge in [0.15, 0.2) is 5.78 Å². The number of ether oxygens (including phenoxy) is 1. The first-order valence-corrected chi connectivity index (χ1v) is 8.00. The summed E-state index contributed by atoms with van der Waals surface area (Å²) in [5.74, 6) is 0.424. The third-order valence-corrected chi connectivity index (χ3v) is 4.17. The van der Waals surface area contributed by atoms with Gasteiger partial charge < -0.3 is 10.5 Å². The van der Waals surface area contributed by atoms with Crippen LogP contribution in [0.1, 0.15) is 28.5 Å². The number of hydrogen-bond acceptors (Lipinski definition) is 5. The number of ketones is 1. The first-order chi connectivity index (χ1) is 11.5.